The summed E-state index contributed by atoms with van der Waals surface area (Å²) < 4.78 is 11.2. The number of nitrogens with one attached hydrogen (secondary N) is 1. The van der Waals surface area contributed by atoms with Gasteiger partial charge in [-0.25, -0.2) is 0 Å². The number of anilines is 1. The smallest absolute Gasteiger partial charge is 0.256 e. The molecule has 21 heavy (non-hydrogen) atoms. The van der Waals surface area contributed by atoms with E-state index in [-0.39, 0.29) is 12.0 Å². The molecule has 1 aromatic heterocycles. The maximum atomic E-state index is 12.3. The Labute approximate surface area is 127 Å². The lowest BCUT2D eigenvalue weighted by Gasteiger charge is -2.16. The van der Waals surface area contributed by atoms with Gasteiger partial charge in [0.2, 0.25) is 0 Å². The molecule has 5 heteroatoms. The molecular formula is C16H17NO3S. The highest BCUT2D eigenvalue weighted by atomic mass is 32.1. The van der Waals surface area contributed by atoms with Gasteiger partial charge in [-0.2, -0.15) is 11.3 Å². The van der Waals surface area contributed by atoms with Crippen molar-refractivity contribution >= 4 is 22.9 Å². The molecule has 110 valence electrons. The molecule has 1 amide bonds. The molecular weight excluding hydrogens is 286 g/mol. The summed E-state index contributed by atoms with van der Waals surface area (Å²) in [5, 5.41) is 6.76. The molecule has 1 saturated heterocycles. The first-order chi connectivity index (χ1) is 10.2. The maximum Gasteiger partial charge on any atom is 0.256 e. The van der Waals surface area contributed by atoms with Crippen LogP contribution in [-0.4, -0.2) is 25.2 Å². The fraction of sp³-hybridized carbons (Fsp3) is 0.312. The van der Waals surface area contributed by atoms with Crippen molar-refractivity contribution in [3.8, 4) is 5.75 Å². The van der Waals surface area contributed by atoms with Crippen LogP contribution >= 0.6 is 11.3 Å². The number of ether oxygens (including phenoxy) is 2. The van der Waals surface area contributed by atoms with Crippen LogP contribution in [-0.2, 0) is 4.74 Å². The molecule has 1 aliphatic heterocycles. The Morgan fingerprint density at radius 2 is 2.24 bits per heavy atom. The molecule has 3 rings (SSSR count). The van der Waals surface area contributed by atoms with Gasteiger partial charge >= 0.3 is 0 Å². The minimum atomic E-state index is -0.104. The van der Waals surface area contributed by atoms with Crippen LogP contribution in [0.1, 0.15) is 22.3 Å². The predicted molar refractivity (Wildman–Crippen MR) is 83.3 cm³/mol. The molecule has 0 bridgehead atoms. The minimum Gasteiger partial charge on any atom is -0.486 e. The number of carbonyl (C=O) groups is 1. The maximum absolute atomic E-state index is 12.3. The molecule has 0 radical (unpaired) electrons. The number of hydrogen-bond acceptors (Lipinski definition) is 4. The fourth-order valence-corrected chi connectivity index (χ4v) is 3.07. The number of benzene rings is 1. The highest BCUT2D eigenvalue weighted by Crippen LogP contribution is 2.27. The number of rotatable bonds is 4. The number of para-hydroxylation sites is 2. The monoisotopic (exact) mass is 303 g/mol. The zero-order valence-corrected chi connectivity index (χ0v) is 12.6. The van der Waals surface area contributed by atoms with E-state index in [0.29, 0.717) is 23.6 Å². The minimum absolute atomic E-state index is 0.0611. The highest BCUT2D eigenvalue weighted by molar-refractivity contribution is 7.08. The van der Waals surface area contributed by atoms with E-state index in [9.17, 15) is 4.79 Å². The topological polar surface area (TPSA) is 47.6 Å². The van der Waals surface area contributed by atoms with Gasteiger partial charge in [-0.15, -0.1) is 0 Å². The number of aryl methyl sites for hydroxylation is 1. The second-order valence-electron chi connectivity index (χ2n) is 5.02. The van der Waals surface area contributed by atoms with E-state index in [1.165, 1.54) is 11.3 Å². The Hall–Kier alpha value is -1.85. The Morgan fingerprint density at radius 1 is 1.38 bits per heavy atom. The van der Waals surface area contributed by atoms with Crippen LogP contribution in [0.2, 0.25) is 0 Å². The van der Waals surface area contributed by atoms with E-state index in [1.54, 1.807) is 0 Å². The summed E-state index contributed by atoms with van der Waals surface area (Å²) in [7, 11) is 0. The lowest BCUT2D eigenvalue weighted by atomic mass is 10.2. The third-order valence-electron chi connectivity index (χ3n) is 3.42. The van der Waals surface area contributed by atoms with Crippen LogP contribution in [0, 0.1) is 6.92 Å². The van der Waals surface area contributed by atoms with Gasteiger partial charge in [0.25, 0.3) is 5.91 Å². The van der Waals surface area contributed by atoms with E-state index in [1.807, 2.05) is 41.9 Å². The summed E-state index contributed by atoms with van der Waals surface area (Å²) in [6, 6.07) is 7.50. The third kappa shape index (κ3) is 3.25. The first-order valence-corrected chi connectivity index (χ1v) is 7.86. The summed E-state index contributed by atoms with van der Waals surface area (Å²) in [5.74, 6) is 0.585. The van der Waals surface area contributed by atoms with E-state index in [4.69, 9.17) is 9.47 Å². The van der Waals surface area contributed by atoms with Crippen molar-refractivity contribution in [1.82, 2.24) is 0 Å². The number of carbonyl (C=O) groups excluding carboxylic acids is 1. The van der Waals surface area contributed by atoms with E-state index < -0.39 is 0 Å². The normalized spacial score (nSPS) is 17.7. The van der Waals surface area contributed by atoms with Crippen LogP contribution in [0.4, 0.5) is 5.69 Å². The first-order valence-electron chi connectivity index (χ1n) is 6.91. The molecule has 0 aliphatic carbocycles. The van der Waals surface area contributed by atoms with E-state index in [0.717, 1.165) is 18.6 Å². The van der Waals surface area contributed by atoms with Crippen molar-refractivity contribution in [1.29, 1.82) is 0 Å². The van der Waals surface area contributed by atoms with Crippen LogP contribution in [0.3, 0.4) is 0 Å². The van der Waals surface area contributed by atoms with E-state index in [2.05, 4.69) is 5.32 Å². The molecule has 1 N–H and O–H groups in total. The van der Waals surface area contributed by atoms with Crippen molar-refractivity contribution < 1.29 is 14.3 Å². The molecule has 0 spiro atoms. The quantitative estimate of drug-likeness (QED) is 0.940. The SMILES string of the molecule is Cc1cscc1C(=O)Nc1ccccc1OC1CCOC1. The van der Waals surface area contributed by atoms with Gasteiger partial charge in [-0.1, -0.05) is 12.1 Å². The first kappa shape index (κ1) is 14.1. The molecule has 0 saturated carbocycles. The lowest BCUT2D eigenvalue weighted by Crippen LogP contribution is -2.18. The molecule has 1 aromatic carbocycles. The van der Waals surface area contributed by atoms with Gasteiger partial charge in [0.05, 0.1) is 24.5 Å². The number of hydrogen-bond donors (Lipinski definition) is 1. The van der Waals surface area contributed by atoms with Crippen LogP contribution in [0.15, 0.2) is 35.0 Å². The van der Waals surface area contributed by atoms with Crippen molar-refractivity contribution in [2.45, 2.75) is 19.4 Å². The second-order valence-corrected chi connectivity index (χ2v) is 5.77. The number of thiophene rings is 1. The Kier molecular flexibility index (Phi) is 4.22. The van der Waals surface area contributed by atoms with Crippen LogP contribution < -0.4 is 10.1 Å². The van der Waals surface area contributed by atoms with Gasteiger partial charge in [-0.3, -0.25) is 4.79 Å². The Morgan fingerprint density at radius 3 is 2.95 bits per heavy atom. The predicted octanol–water partition coefficient (Wildman–Crippen LogP) is 3.48. The van der Waals surface area contributed by atoms with Crippen LogP contribution in [0.5, 0.6) is 5.75 Å². The van der Waals surface area contributed by atoms with Gasteiger partial charge in [0.15, 0.2) is 0 Å². The summed E-state index contributed by atoms with van der Waals surface area (Å²) in [6.07, 6.45) is 0.942. The summed E-state index contributed by atoms with van der Waals surface area (Å²) in [6.45, 7) is 3.27. The van der Waals surface area contributed by atoms with Crippen LogP contribution in [0.25, 0.3) is 0 Å². The van der Waals surface area contributed by atoms with Gasteiger partial charge in [0, 0.05) is 11.8 Å². The van der Waals surface area contributed by atoms with Crippen molar-refractivity contribution in [2.75, 3.05) is 18.5 Å². The molecule has 2 aromatic rings. The Balaban J connectivity index is 1.75. The lowest BCUT2D eigenvalue weighted by molar-refractivity contribution is 0.102. The highest BCUT2D eigenvalue weighted by Gasteiger charge is 2.19. The van der Waals surface area contributed by atoms with Gasteiger partial charge < -0.3 is 14.8 Å². The fourth-order valence-electron chi connectivity index (χ4n) is 2.24. The molecule has 1 aliphatic rings. The van der Waals surface area contributed by atoms with Gasteiger partial charge in [-0.05, 0) is 30.0 Å². The Bertz CT molecular complexity index is 632. The zero-order valence-electron chi connectivity index (χ0n) is 11.8. The second kappa shape index (κ2) is 6.28. The largest absolute Gasteiger partial charge is 0.486 e. The molecule has 1 fully saturated rings. The van der Waals surface area contributed by atoms with Crippen molar-refractivity contribution in [2.24, 2.45) is 0 Å². The third-order valence-corrected chi connectivity index (χ3v) is 4.28. The molecule has 1 atom stereocenters. The van der Waals surface area contributed by atoms with Crippen molar-refractivity contribution in [3.05, 3.63) is 46.2 Å². The van der Waals surface area contributed by atoms with E-state index >= 15 is 0 Å². The summed E-state index contributed by atoms with van der Waals surface area (Å²) >= 11 is 1.53. The average Bonchev–Trinajstić information content (AvgIpc) is 3.12. The van der Waals surface area contributed by atoms with Crippen molar-refractivity contribution in [3.63, 3.8) is 0 Å². The molecule has 2 heterocycles. The standard InChI is InChI=1S/C16H17NO3S/c1-11-9-21-10-13(11)16(18)17-14-4-2-3-5-15(14)20-12-6-7-19-8-12/h2-5,9-10,12H,6-8H2,1H3,(H,17,18). The summed E-state index contributed by atoms with van der Waals surface area (Å²) in [4.78, 5) is 12.3. The molecule has 4 nitrogen and oxygen atoms in total. The number of amides is 1. The average molecular weight is 303 g/mol. The van der Waals surface area contributed by atoms with Gasteiger partial charge in [0.1, 0.15) is 11.9 Å². The zero-order chi connectivity index (χ0) is 14.7. The molecule has 1 unspecified atom stereocenters. The summed E-state index contributed by atoms with van der Waals surface area (Å²) in [5.41, 5.74) is 2.39.